The molecule has 1 atom stereocenters. The quantitative estimate of drug-likeness (QED) is 0.640. The zero-order chi connectivity index (χ0) is 11.9. The first-order chi connectivity index (χ1) is 6.97. The van der Waals surface area contributed by atoms with Crippen LogP contribution in [0.2, 0.25) is 0 Å². The van der Waals surface area contributed by atoms with Crippen LogP contribution >= 0.6 is 0 Å². The van der Waals surface area contributed by atoms with E-state index in [1.807, 2.05) is 0 Å². The molecule has 0 aromatic heterocycles. The van der Waals surface area contributed by atoms with Crippen molar-refractivity contribution in [2.24, 2.45) is 0 Å². The van der Waals surface area contributed by atoms with Gasteiger partial charge < -0.3 is 4.74 Å². The molecule has 0 saturated carbocycles. The summed E-state index contributed by atoms with van der Waals surface area (Å²) in [4.78, 5) is 10.7. The van der Waals surface area contributed by atoms with E-state index < -0.39 is 21.2 Å². The van der Waals surface area contributed by atoms with E-state index in [2.05, 4.69) is 9.46 Å². The molecule has 0 radical (unpaired) electrons. The van der Waals surface area contributed by atoms with Crippen LogP contribution in [0.5, 0.6) is 0 Å². The molecule has 1 unspecified atom stereocenters. The minimum atomic E-state index is -3.65. The van der Waals surface area contributed by atoms with Crippen LogP contribution in [0.4, 0.5) is 0 Å². The summed E-state index contributed by atoms with van der Waals surface area (Å²) in [5, 5.41) is 7.48. The maximum Gasteiger partial charge on any atom is 0.306 e. The van der Waals surface area contributed by atoms with Crippen LogP contribution in [0.25, 0.3) is 0 Å². The first kappa shape index (κ1) is 13.9. The van der Waals surface area contributed by atoms with Crippen molar-refractivity contribution in [1.29, 1.82) is 5.26 Å². The molecular formula is C8H14N2O4S. The molecule has 86 valence electrons. The Morgan fingerprint density at radius 2 is 2.20 bits per heavy atom. The van der Waals surface area contributed by atoms with Crippen molar-refractivity contribution in [2.45, 2.75) is 25.0 Å². The van der Waals surface area contributed by atoms with Gasteiger partial charge in [0.25, 0.3) is 0 Å². The van der Waals surface area contributed by atoms with Gasteiger partial charge in [0.2, 0.25) is 10.0 Å². The molecule has 0 aliphatic rings. The zero-order valence-electron chi connectivity index (χ0n) is 8.69. The van der Waals surface area contributed by atoms with Gasteiger partial charge in [-0.05, 0) is 6.42 Å². The third kappa shape index (κ3) is 4.76. The second-order valence-corrected chi connectivity index (χ2v) is 4.74. The summed E-state index contributed by atoms with van der Waals surface area (Å²) in [5.41, 5.74) is 0. The normalized spacial score (nSPS) is 12.9. The molecule has 0 bridgehead atoms. The van der Waals surface area contributed by atoms with Gasteiger partial charge >= 0.3 is 5.97 Å². The van der Waals surface area contributed by atoms with Crippen LogP contribution in [-0.2, 0) is 19.6 Å². The Bertz CT molecular complexity index is 344. The molecule has 0 aliphatic carbocycles. The standard InChI is InChI=1S/C8H14N2O4S/c1-3-7(6-9)15(12,13)10-5-4-8(11)14-2/h7,10H,3-5H2,1-2H3. The first-order valence-electron chi connectivity index (χ1n) is 4.42. The van der Waals surface area contributed by atoms with E-state index in [1.165, 1.54) is 7.11 Å². The van der Waals surface area contributed by atoms with E-state index in [0.717, 1.165) is 0 Å². The SMILES string of the molecule is CCC(C#N)S(=O)(=O)NCCC(=O)OC. The fourth-order valence-corrected chi connectivity index (χ4v) is 2.04. The van der Waals surface area contributed by atoms with Gasteiger partial charge in [-0.2, -0.15) is 5.26 Å². The Balaban J connectivity index is 4.18. The highest BCUT2D eigenvalue weighted by Crippen LogP contribution is 2.02. The lowest BCUT2D eigenvalue weighted by Crippen LogP contribution is -2.34. The number of hydrogen-bond donors (Lipinski definition) is 1. The number of nitrogens with zero attached hydrogens (tertiary/aromatic N) is 1. The number of carbonyl (C=O) groups is 1. The fraction of sp³-hybridized carbons (Fsp3) is 0.750. The number of nitriles is 1. The summed E-state index contributed by atoms with van der Waals surface area (Å²) < 4.78 is 29.3. The third-order valence-corrected chi connectivity index (χ3v) is 3.54. The molecule has 0 spiro atoms. The molecule has 7 heteroatoms. The summed E-state index contributed by atoms with van der Waals surface area (Å²) in [6.45, 7) is 1.56. The van der Waals surface area contributed by atoms with Gasteiger partial charge in [0.1, 0.15) is 0 Å². The highest BCUT2D eigenvalue weighted by atomic mass is 32.2. The Morgan fingerprint density at radius 1 is 1.60 bits per heavy atom. The van der Waals surface area contributed by atoms with Gasteiger partial charge in [-0.25, -0.2) is 13.1 Å². The van der Waals surface area contributed by atoms with Crippen molar-refractivity contribution in [3.8, 4) is 6.07 Å². The van der Waals surface area contributed by atoms with Gasteiger partial charge in [-0.1, -0.05) is 6.92 Å². The van der Waals surface area contributed by atoms with Crippen LogP contribution in [-0.4, -0.2) is 33.3 Å². The Kier molecular flexibility index (Phi) is 5.89. The third-order valence-electron chi connectivity index (χ3n) is 1.75. The van der Waals surface area contributed by atoms with Gasteiger partial charge in [0.15, 0.2) is 5.25 Å². The maximum atomic E-state index is 11.4. The number of esters is 1. The molecule has 0 rings (SSSR count). The van der Waals surface area contributed by atoms with Crippen molar-refractivity contribution in [2.75, 3.05) is 13.7 Å². The maximum absolute atomic E-state index is 11.4. The number of sulfonamides is 1. The number of carbonyl (C=O) groups excluding carboxylic acids is 1. The summed E-state index contributed by atoms with van der Waals surface area (Å²) in [5.74, 6) is -0.497. The van der Waals surface area contributed by atoms with Crippen molar-refractivity contribution < 1.29 is 17.9 Å². The van der Waals surface area contributed by atoms with E-state index in [4.69, 9.17) is 5.26 Å². The zero-order valence-corrected chi connectivity index (χ0v) is 9.50. The van der Waals surface area contributed by atoms with E-state index in [1.54, 1.807) is 13.0 Å². The number of methoxy groups -OCH3 is 1. The molecular weight excluding hydrogens is 220 g/mol. The summed E-state index contributed by atoms with van der Waals surface area (Å²) in [6, 6.07) is 1.68. The second-order valence-electron chi connectivity index (χ2n) is 2.79. The van der Waals surface area contributed by atoms with Crippen molar-refractivity contribution in [3.63, 3.8) is 0 Å². The molecule has 1 N–H and O–H groups in total. The molecule has 0 fully saturated rings. The van der Waals surface area contributed by atoms with Crippen LogP contribution < -0.4 is 4.72 Å². The molecule has 0 saturated heterocycles. The molecule has 0 amide bonds. The lowest BCUT2D eigenvalue weighted by atomic mass is 10.4. The predicted molar refractivity (Wildman–Crippen MR) is 53.2 cm³/mol. The molecule has 0 aromatic rings. The molecule has 0 heterocycles. The van der Waals surface area contributed by atoms with E-state index in [-0.39, 0.29) is 19.4 Å². The number of nitrogens with one attached hydrogen (secondary N) is 1. The summed E-state index contributed by atoms with van der Waals surface area (Å²) in [7, 11) is -2.42. The highest BCUT2D eigenvalue weighted by Gasteiger charge is 2.22. The van der Waals surface area contributed by atoms with E-state index in [9.17, 15) is 13.2 Å². The van der Waals surface area contributed by atoms with Crippen LogP contribution in [0.3, 0.4) is 0 Å². The second kappa shape index (κ2) is 6.37. The van der Waals surface area contributed by atoms with Crippen molar-refractivity contribution in [1.82, 2.24) is 4.72 Å². The minimum Gasteiger partial charge on any atom is -0.469 e. The van der Waals surface area contributed by atoms with Crippen molar-refractivity contribution in [3.05, 3.63) is 0 Å². The molecule has 6 nitrogen and oxygen atoms in total. The van der Waals surface area contributed by atoms with Gasteiger partial charge in [0, 0.05) is 6.54 Å². The van der Waals surface area contributed by atoms with Crippen LogP contribution in [0.1, 0.15) is 19.8 Å². The molecule has 0 aliphatic heterocycles. The fourth-order valence-electron chi connectivity index (χ4n) is 0.878. The Hall–Kier alpha value is -1.13. The Morgan fingerprint density at radius 3 is 2.60 bits per heavy atom. The predicted octanol–water partition coefficient (Wildman–Crippen LogP) is -0.229. The van der Waals surface area contributed by atoms with Crippen LogP contribution in [0.15, 0.2) is 0 Å². The van der Waals surface area contributed by atoms with E-state index in [0.29, 0.717) is 0 Å². The molecule has 0 aromatic carbocycles. The summed E-state index contributed by atoms with van der Waals surface area (Å²) >= 11 is 0. The minimum absolute atomic E-state index is 0.0441. The van der Waals surface area contributed by atoms with Crippen molar-refractivity contribution >= 4 is 16.0 Å². The highest BCUT2D eigenvalue weighted by molar-refractivity contribution is 7.90. The van der Waals surface area contributed by atoms with Gasteiger partial charge in [-0.3, -0.25) is 4.79 Å². The number of ether oxygens (including phenoxy) is 1. The summed E-state index contributed by atoms with van der Waals surface area (Å²) in [6.07, 6.45) is 0.168. The van der Waals surface area contributed by atoms with Gasteiger partial charge in [0.05, 0.1) is 19.6 Å². The average molecular weight is 234 g/mol. The number of rotatable bonds is 6. The average Bonchev–Trinajstić information content (AvgIpc) is 2.18. The van der Waals surface area contributed by atoms with Crippen LogP contribution in [0, 0.1) is 11.3 Å². The van der Waals surface area contributed by atoms with E-state index >= 15 is 0 Å². The topological polar surface area (TPSA) is 96.3 Å². The lowest BCUT2D eigenvalue weighted by molar-refractivity contribution is -0.140. The smallest absolute Gasteiger partial charge is 0.306 e. The monoisotopic (exact) mass is 234 g/mol. The Labute approximate surface area is 89.3 Å². The first-order valence-corrected chi connectivity index (χ1v) is 5.97. The molecule has 15 heavy (non-hydrogen) atoms. The number of hydrogen-bond acceptors (Lipinski definition) is 5. The van der Waals surface area contributed by atoms with Gasteiger partial charge in [-0.15, -0.1) is 0 Å². The largest absolute Gasteiger partial charge is 0.469 e. The lowest BCUT2D eigenvalue weighted by Gasteiger charge is -2.08.